The van der Waals surface area contributed by atoms with E-state index >= 15 is 0 Å². The van der Waals surface area contributed by atoms with Crippen molar-refractivity contribution < 1.29 is 5.11 Å². The first-order chi connectivity index (χ1) is 10.1. The highest BCUT2D eigenvalue weighted by molar-refractivity contribution is 5.71. The largest absolute Gasteiger partial charge is 0.392 e. The summed E-state index contributed by atoms with van der Waals surface area (Å²) in [6.07, 6.45) is -0.0693. The Morgan fingerprint density at radius 2 is 1.95 bits per heavy atom. The summed E-state index contributed by atoms with van der Waals surface area (Å²) in [6, 6.07) is 11.8. The van der Waals surface area contributed by atoms with Gasteiger partial charge in [-0.05, 0) is 59.2 Å². The van der Waals surface area contributed by atoms with Gasteiger partial charge < -0.3 is 5.11 Å². The standard InChI is InChI=1S/C17H17N3O/c1-10-8-14(12-6-4-3-5-7-12)11(2)16-13(10)9-15(21)17(16)19-20-18/h3-8,15,17,21H,9H2,1-2H3/t15-,17+/m1/s1. The van der Waals surface area contributed by atoms with Crippen LogP contribution < -0.4 is 0 Å². The predicted molar refractivity (Wildman–Crippen MR) is 82.9 cm³/mol. The number of azide groups is 1. The van der Waals surface area contributed by atoms with Gasteiger partial charge in [0.2, 0.25) is 0 Å². The summed E-state index contributed by atoms with van der Waals surface area (Å²) in [5.41, 5.74) is 15.4. The molecule has 0 amide bonds. The lowest BCUT2D eigenvalue weighted by atomic mass is 9.90. The first kappa shape index (κ1) is 13.7. The van der Waals surface area contributed by atoms with Gasteiger partial charge in [0.05, 0.1) is 12.1 Å². The molecule has 2 atom stereocenters. The van der Waals surface area contributed by atoms with Crippen LogP contribution in [0.5, 0.6) is 0 Å². The molecule has 0 bridgehead atoms. The molecule has 1 N–H and O–H groups in total. The van der Waals surface area contributed by atoms with Crippen LogP contribution in [0.3, 0.4) is 0 Å². The van der Waals surface area contributed by atoms with Gasteiger partial charge in [0.1, 0.15) is 0 Å². The van der Waals surface area contributed by atoms with Crippen LogP contribution in [0.15, 0.2) is 41.5 Å². The second kappa shape index (κ2) is 5.24. The van der Waals surface area contributed by atoms with E-state index in [0.29, 0.717) is 6.42 Å². The van der Waals surface area contributed by atoms with Crippen molar-refractivity contribution in [3.8, 4) is 11.1 Å². The summed E-state index contributed by atoms with van der Waals surface area (Å²) in [5, 5.41) is 14.0. The zero-order valence-electron chi connectivity index (χ0n) is 12.1. The van der Waals surface area contributed by atoms with E-state index in [1.54, 1.807) is 0 Å². The van der Waals surface area contributed by atoms with Crippen molar-refractivity contribution in [3.63, 3.8) is 0 Å². The highest BCUT2D eigenvalue weighted by Crippen LogP contribution is 2.42. The van der Waals surface area contributed by atoms with E-state index in [1.165, 1.54) is 0 Å². The normalized spacial score (nSPS) is 20.0. The molecule has 2 aromatic rings. The van der Waals surface area contributed by atoms with E-state index in [2.05, 4.69) is 35.1 Å². The molecule has 0 aliphatic heterocycles. The number of rotatable bonds is 2. The van der Waals surface area contributed by atoms with Gasteiger partial charge in [-0.3, -0.25) is 0 Å². The van der Waals surface area contributed by atoms with Gasteiger partial charge in [-0.1, -0.05) is 41.5 Å². The molecular formula is C17H17N3O. The van der Waals surface area contributed by atoms with Crippen LogP contribution >= 0.6 is 0 Å². The van der Waals surface area contributed by atoms with Crippen LogP contribution in [0.2, 0.25) is 0 Å². The first-order valence-corrected chi connectivity index (χ1v) is 7.04. The molecule has 0 saturated heterocycles. The van der Waals surface area contributed by atoms with Crippen LogP contribution in [-0.2, 0) is 6.42 Å². The Hall–Kier alpha value is -2.29. The quantitative estimate of drug-likeness (QED) is 0.498. The number of aliphatic hydroxyl groups excluding tert-OH is 1. The molecule has 0 radical (unpaired) electrons. The summed E-state index contributed by atoms with van der Waals surface area (Å²) >= 11 is 0. The molecule has 0 aromatic heterocycles. The monoisotopic (exact) mass is 279 g/mol. The molecule has 21 heavy (non-hydrogen) atoms. The predicted octanol–water partition coefficient (Wildman–Crippen LogP) is 4.24. The Labute approximate surface area is 123 Å². The van der Waals surface area contributed by atoms with Crippen LogP contribution in [0, 0.1) is 13.8 Å². The molecule has 106 valence electrons. The molecule has 0 heterocycles. The van der Waals surface area contributed by atoms with Gasteiger partial charge in [-0.2, -0.15) is 0 Å². The van der Waals surface area contributed by atoms with E-state index in [-0.39, 0.29) is 0 Å². The molecule has 3 rings (SSSR count). The molecular weight excluding hydrogens is 262 g/mol. The zero-order chi connectivity index (χ0) is 15.0. The fraction of sp³-hybridized carbons (Fsp3) is 0.294. The van der Waals surface area contributed by atoms with E-state index < -0.39 is 12.1 Å². The SMILES string of the molecule is Cc1cc(-c2ccccc2)c(C)c2c1C[C@@H](O)[C@@H]2N=[N+]=[N-]. The first-order valence-electron chi connectivity index (χ1n) is 7.04. The summed E-state index contributed by atoms with van der Waals surface area (Å²) in [7, 11) is 0. The Morgan fingerprint density at radius 3 is 2.62 bits per heavy atom. The van der Waals surface area contributed by atoms with Crippen LogP contribution in [0.1, 0.15) is 28.3 Å². The fourth-order valence-corrected chi connectivity index (χ4v) is 3.29. The molecule has 0 spiro atoms. The summed E-state index contributed by atoms with van der Waals surface area (Å²) in [4.78, 5) is 2.91. The lowest BCUT2D eigenvalue weighted by Gasteiger charge is -2.17. The average molecular weight is 279 g/mol. The second-order valence-corrected chi connectivity index (χ2v) is 5.55. The number of aryl methyl sites for hydroxylation is 1. The third-order valence-electron chi connectivity index (χ3n) is 4.30. The number of benzene rings is 2. The molecule has 1 aliphatic carbocycles. The third-order valence-corrected chi connectivity index (χ3v) is 4.30. The van der Waals surface area contributed by atoms with E-state index in [1.807, 2.05) is 25.1 Å². The summed E-state index contributed by atoms with van der Waals surface area (Å²) in [6.45, 7) is 4.09. The van der Waals surface area contributed by atoms with Crippen molar-refractivity contribution in [1.82, 2.24) is 0 Å². The van der Waals surface area contributed by atoms with Crippen LogP contribution in [0.4, 0.5) is 0 Å². The van der Waals surface area contributed by atoms with E-state index in [4.69, 9.17) is 5.53 Å². The number of fused-ring (bicyclic) bond motifs is 1. The van der Waals surface area contributed by atoms with Crippen molar-refractivity contribution in [2.45, 2.75) is 32.4 Å². The molecule has 2 aromatic carbocycles. The van der Waals surface area contributed by atoms with Gasteiger partial charge in [0.25, 0.3) is 0 Å². The smallest absolute Gasteiger partial charge is 0.0893 e. The van der Waals surface area contributed by atoms with Crippen LogP contribution in [0.25, 0.3) is 21.6 Å². The van der Waals surface area contributed by atoms with E-state index in [9.17, 15) is 5.11 Å². The van der Waals surface area contributed by atoms with Crippen molar-refractivity contribution in [2.75, 3.05) is 0 Å². The number of hydrogen-bond acceptors (Lipinski definition) is 2. The minimum absolute atomic E-state index is 0.479. The van der Waals surface area contributed by atoms with E-state index in [0.717, 1.165) is 33.4 Å². The Morgan fingerprint density at radius 1 is 1.24 bits per heavy atom. The maximum atomic E-state index is 10.2. The Kier molecular flexibility index (Phi) is 3.42. The maximum Gasteiger partial charge on any atom is 0.0893 e. The number of hydrogen-bond donors (Lipinski definition) is 1. The minimum Gasteiger partial charge on any atom is -0.392 e. The summed E-state index contributed by atoms with van der Waals surface area (Å²) < 4.78 is 0. The maximum absolute atomic E-state index is 10.2. The number of nitrogens with zero attached hydrogens (tertiary/aromatic N) is 3. The van der Waals surface area contributed by atoms with Gasteiger partial charge >= 0.3 is 0 Å². The Balaban J connectivity index is 2.24. The van der Waals surface area contributed by atoms with Crippen molar-refractivity contribution in [1.29, 1.82) is 0 Å². The van der Waals surface area contributed by atoms with Gasteiger partial charge in [-0.15, -0.1) is 0 Å². The number of aliphatic hydroxyl groups is 1. The fourth-order valence-electron chi connectivity index (χ4n) is 3.29. The average Bonchev–Trinajstić information content (AvgIpc) is 2.82. The van der Waals surface area contributed by atoms with Gasteiger partial charge in [0, 0.05) is 4.91 Å². The van der Waals surface area contributed by atoms with Crippen LogP contribution in [-0.4, -0.2) is 11.2 Å². The molecule has 1 aliphatic rings. The lowest BCUT2D eigenvalue weighted by molar-refractivity contribution is 0.158. The highest BCUT2D eigenvalue weighted by atomic mass is 16.3. The molecule has 0 fully saturated rings. The minimum atomic E-state index is -0.626. The van der Waals surface area contributed by atoms with Gasteiger partial charge in [-0.25, -0.2) is 0 Å². The molecule has 4 nitrogen and oxygen atoms in total. The third kappa shape index (κ3) is 2.19. The molecule has 4 heteroatoms. The van der Waals surface area contributed by atoms with Gasteiger partial charge in [0.15, 0.2) is 0 Å². The zero-order valence-corrected chi connectivity index (χ0v) is 12.1. The van der Waals surface area contributed by atoms with Crippen molar-refractivity contribution in [3.05, 3.63) is 69.1 Å². The molecule has 0 saturated carbocycles. The van der Waals surface area contributed by atoms with Crippen molar-refractivity contribution >= 4 is 0 Å². The van der Waals surface area contributed by atoms with Crippen molar-refractivity contribution in [2.24, 2.45) is 5.11 Å². The topological polar surface area (TPSA) is 69.0 Å². The molecule has 0 unspecified atom stereocenters. The second-order valence-electron chi connectivity index (χ2n) is 5.55. The lowest BCUT2D eigenvalue weighted by Crippen LogP contribution is -2.10. The summed E-state index contributed by atoms with van der Waals surface area (Å²) in [5.74, 6) is 0. The Bertz CT molecular complexity index is 733. The highest BCUT2D eigenvalue weighted by Gasteiger charge is 2.33.